The van der Waals surface area contributed by atoms with Gasteiger partial charge in [-0.2, -0.15) is 18.3 Å². The van der Waals surface area contributed by atoms with Crippen molar-refractivity contribution in [2.75, 3.05) is 0 Å². The molecule has 1 N–H and O–H groups in total. The van der Waals surface area contributed by atoms with Crippen molar-refractivity contribution in [3.63, 3.8) is 0 Å². The summed E-state index contributed by atoms with van der Waals surface area (Å²) in [6.45, 7) is 0. The minimum Gasteiger partial charge on any atom is -0.479 e. The van der Waals surface area contributed by atoms with Crippen LogP contribution in [0.2, 0.25) is 0 Å². The van der Waals surface area contributed by atoms with Gasteiger partial charge in [-0.25, -0.2) is 0 Å². The molecule has 4 rings (SSSR count). The van der Waals surface area contributed by atoms with Crippen LogP contribution in [-0.2, 0) is 6.18 Å². The van der Waals surface area contributed by atoms with E-state index in [1.54, 1.807) is 24.3 Å². The number of ether oxygens (including phenoxy) is 1. The summed E-state index contributed by atoms with van der Waals surface area (Å²) in [4.78, 5) is 0. The second kappa shape index (κ2) is 4.87. The van der Waals surface area contributed by atoms with Crippen molar-refractivity contribution in [3.8, 4) is 16.9 Å². The Hall–Kier alpha value is -2.76. The van der Waals surface area contributed by atoms with Gasteiger partial charge >= 0.3 is 6.18 Å². The summed E-state index contributed by atoms with van der Waals surface area (Å²) >= 11 is 0. The maximum Gasteiger partial charge on any atom is 0.435 e. The molecule has 0 amide bonds. The van der Waals surface area contributed by atoms with E-state index >= 15 is 0 Å². The maximum atomic E-state index is 13.3. The normalized spacial score (nSPS) is 16.4. The van der Waals surface area contributed by atoms with E-state index in [9.17, 15) is 13.2 Å². The summed E-state index contributed by atoms with van der Waals surface area (Å²) in [5.41, 5.74) is 0.635. The first-order valence-corrected chi connectivity index (χ1v) is 7.02. The molecule has 1 aliphatic heterocycles. The van der Waals surface area contributed by atoms with Crippen molar-refractivity contribution in [3.05, 3.63) is 71.5 Å². The van der Waals surface area contributed by atoms with Crippen molar-refractivity contribution >= 4 is 0 Å². The average molecular weight is 316 g/mol. The Morgan fingerprint density at radius 2 is 1.65 bits per heavy atom. The molecule has 116 valence electrons. The molecule has 3 nitrogen and oxygen atoms in total. The van der Waals surface area contributed by atoms with Crippen LogP contribution in [0.25, 0.3) is 11.1 Å². The molecule has 1 aromatic heterocycles. The van der Waals surface area contributed by atoms with Crippen molar-refractivity contribution in [1.29, 1.82) is 0 Å². The molecule has 0 saturated heterocycles. The number of hydrogen-bond donors (Lipinski definition) is 1. The third-order valence-corrected chi connectivity index (χ3v) is 3.83. The Morgan fingerprint density at radius 1 is 0.957 bits per heavy atom. The van der Waals surface area contributed by atoms with Crippen LogP contribution in [0.3, 0.4) is 0 Å². The number of nitrogens with zero attached hydrogens (tertiary/aromatic N) is 1. The largest absolute Gasteiger partial charge is 0.479 e. The summed E-state index contributed by atoms with van der Waals surface area (Å²) < 4.78 is 45.9. The smallest absolute Gasteiger partial charge is 0.435 e. The van der Waals surface area contributed by atoms with Crippen LogP contribution in [0.1, 0.15) is 23.1 Å². The molecule has 0 radical (unpaired) electrons. The zero-order valence-corrected chi connectivity index (χ0v) is 11.8. The van der Waals surface area contributed by atoms with E-state index in [1.165, 1.54) is 0 Å². The number of H-pyrrole nitrogens is 1. The van der Waals surface area contributed by atoms with Crippen LogP contribution in [0, 0.1) is 0 Å². The van der Waals surface area contributed by atoms with Gasteiger partial charge in [0.2, 0.25) is 0 Å². The van der Waals surface area contributed by atoms with Crippen molar-refractivity contribution in [2.24, 2.45) is 0 Å². The van der Waals surface area contributed by atoms with Crippen LogP contribution < -0.4 is 4.74 Å². The number of para-hydroxylation sites is 1. The summed E-state index contributed by atoms with van der Waals surface area (Å²) in [6.07, 6.45) is -5.18. The van der Waals surface area contributed by atoms with Crippen molar-refractivity contribution in [2.45, 2.75) is 12.3 Å². The fourth-order valence-corrected chi connectivity index (χ4v) is 2.85. The molecule has 0 saturated carbocycles. The Labute approximate surface area is 129 Å². The van der Waals surface area contributed by atoms with Crippen molar-refractivity contribution in [1.82, 2.24) is 10.2 Å². The SMILES string of the molecule is FC(F)(F)c1n[nH]c2c1-c1ccccc1OC2c1ccccc1. The third-order valence-electron chi connectivity index (χ3n) is 3.83. The topological polar surface area (TPSA) is 37.9 Å². The van der Waals surface area contributed by atoms with Gasteiger partial charge in [-0.15, -0.1) is 0 Å². The predicted octanol–water partition coefficient (Wildman–Crippen LogP) is 4.58. The first-order chi connectivity index (χ1) is 11.1. The lowest BCUT2D eigenvalue weighted by molar-refractivity contribution is -0.140. The van der Waals surface area contributed by atoms with Gasteiger partial charge in [0, 0.05) is 11.1 Å². The van der Waals surface area contributed by atoms with Crippen LogP contribution in [0.5, 0.6) is 5.75 Å². The van der Waals surface area contributed by atoms with Crippen LogP contribution >= 0.6 is 0 Å². The van der Waals surface area contributed by atoms with E-state index in [4.69, 9.17) is 4.74 Å². The maximum absolute atomic E-state index is 13.3. The zero-order valence-electron chi connectivity index (χ0n) is 11.8. The molecule has 1 atom stereocenters. The van der Waals surface area contributed by atoms with E-state index in [2.05, 4.69) is 10.2 Å². The molecule has 0 bridgehead atoms. The summed E-state index contributed by atoms with van der Waals surface area (Å²) in [5.74, 6) is 0.417. The highest BCUT2D eigenvalue weighted by Crippen LogP contribution is 2.48. The molecule has 3 aromatic rings. The number of nitrogens with one attached hydrogen (secondary N) is 1. The van der Waals surface area contributed by atoms with Gasteiger partial charge in [0.05, 0.1) is 5.69 Å². The van der Waals surface area contributed by atoms with Crippen molar-refractivity contribution < 1.29 is 17.9 Å². The zero-order chi connectivity index (χ0) is 16.0. The Balaban J connectivity index is 1.96. The van der Waals surface area contributed by atoms with Gasteiger partial charge in [-0.05, 0) is 11.6 Å². The molecule has 2 aromatic carbocycles. The van der Waals surface area contributed by atoms with Gasteiger partial charge in [-0.3, -0.25) is 5.10 Å². The molecule has 1 aliphatic rings. The highest BCUT2D eigenvalue weighted by Gasteiger charge is 2.42. The summed E-state index contributed by atoms with van der Waals surface area (Å²) in [5, 5.41) is 6.04. The number of aromatic nitrogens is 2. The molecular weight excluding hydrogens is 305 g/mol. The minimum absolute atomic E-state index is 0.0632. The number of hydrogen-bond acceptors (Lipinski definition) is 2. The van der Waals surface area contributed by atoms with Crippen LogP contribution in [0.15, 0.2) is 54.6 Å². The number of aromatic amines is 1. The average Bonchev–Trinajstić information content (AvgIpc) is 3.00. The van der Waals surface area contributed by atoms with E-state index in [0.717, 1.165) is 5.56 Å². The van der Waals surface area contributed by atoms with E-state index in [0.29, 0.717) is 17.0 Å². The monoisotopic (exact) mass is 316 g/mol. The van der Waals surface area contributed by atoms with Crippen LogP contribution in [0.4, 0.5) is 13.2 Å². The second-order valence-corrected chi connectivity index (χ2v) is 5.26. The number of benzene rings is 2. The van der Waals surface area contributed by atoms with Gasteiger partial charge in [-0.1, -0.05) is 48.5 Å². The highest BCUT2D eigenvalue weighted by atomic mass is 19.4. The van der Waals surface area contributed by atoms with E-state index < -0.39 is 18.0 Å². The lowest BCUT2D eigenvalue weighted by Crippen LogP contribution is -2.16. The van der Waals surface area contributed by atoms with Gasteiger partial charge in [0.1, 0.15) is 5.75 Å². The fourth-order valence-electron chi connectivity index (χ4n) is 2.85. The highest BCUT2D eigenvalue weighted by molar-refractivity contribution is 5.77. The molecule has 6 heteroatoms. The molecule has 2 heterocycles. The van der Waals surface area contributed by atoms with Crippen LogP contribution in [-0.4, -0.2) is 10.2 Å². The quantitative estimate of drug-likeness (QED) is 0.714. The molecule has 0 spiro atoms. The number of halogens is 3. The number of fused-ring (bicyclic) bond motifs is 3. The summed E-state index contributed by atoms with van der Waals surface area (Å²) in [7, 11) is 0. The Morgan fingerprint density at radius 3 is 2.39 bits per heavy atom. The van der Waals surface area contributed by atoms with Gasteiger partial charge in [0.15, 0.2) is 11.8 Å². The number of alkyl halides is 3. The van der Waals surface area contributed by atoms with E-state index in [1.807, 2.05) is 30.3 Å². The van der Waals surface area contributed by atoms with E-state index in [-0.39, 0.29) is 5.56 Å². The first-order valence-electron chi connectivity index (χ1n) is 7.02. The molecule has 1 unspecified atom stereocenters. The van der Waals surface area contributed by atoms with Gasteiger partial charge < -0.3 is 4.74 Å². The first kappa shape index (κ1) is 13.9. The molecule has 0 aliphatic carbocycles. The lowest BCUT2D eigenvalue weighted by Gasteiger charge is -2.26. The predicted molar refractivity (Wildman–Crippen MR) is 77.9 cm³/mol. The standard InChI is InChI=1S/C17H11F3N2O/c18-17(19,20)16-13-11-8-4-5-9-12(11)23-15(14(13)21-22-16)10-6-2-1-3-7-10/h1-9,15H,(H,21,22). The third kappa shape index (κ3) is 2.18. The second-order valence-electron chi connectivity index (χ2n) is 5.26. The Kier molecular flexibility index (Phi) is 2.94. The molecule has 23 heavy (non-hydrogen) atoms. The molecular formula is C17H11F3N2O. The minimum atomic E-state index is -4.53. The Bertz CT molecular complexity index is 856. The molecule has 0 fully saturated rings. The summed E-state index contributed by atoms with van der Waals surface area (Å²) in [6, 6.07) is 15.8. The van der Waals surface area contributed by atoms with Gasteiger partial charge in [0.25, 0.3) is 0 Å². The lowest BCUT2D eigenvalue weighted by atomic mass is 9.93. The fraction of sp³-hybridized carbons (Fsp3) is 0.118. The number of rotatable bonds is 1.